The van der Waals surface area contributed by atoms with E-state index in [0.29, 0.717) is 12.5 Å². The van der Waals surface area contributed by atoms with E-state index in [1.807, 2.05) is 17.9 Å². The van der Waals surface area contributed by atoms with Crippen molar-refractivity contribution in [3.63, 3.8) is 0 Å². The lowest BCUT2D eigenvalue weighted by Gasteiger charge is -2.33. The summed E-state index contributed by atoms with van der Waals surface area (Å²) in [5.41, 5.74) is 3.99. The van der Waals surface area contributed by atoms with E-state index in [9.17, 15) is 4.79 Å². The zero-order valence-electron chi connectivity index (χ0n) is 17.0. The van der Waals surface area contributed by atoms with E-state index in [-0.39, 0.29) is 5.91 Å². The minimum absolute atomic E-state index is 0.287. The van der Waals surface area contributed by atoms with E-state index < -0.39 is 0 Å². The van der Waals surface area contributed by atoms with E-state index in [4.69, 9.17) is 9.51 Å². The molecule has 2 aliphatic rings. The van der Waals surface area contributed by atoms with Gasteiger partial charge in [-0.2, -0.15) is 0 Å². The number of rotatable bonds is 5. The topological polar surface area (TPSA) is 62.5 Å². The summed E-state index contributed by atoms with van der Waals surface area (Å²) < 4.78 is 5.44. The van der Waals surface area contributed by atoms with Gasteiger partial charge in [0.1, 0.15) is 5.76 Å². The molecule has 0 atom stereocenters. The Labute approximate surface area is 166 Å². The predicted octanol–water partition coefficient (Wildman–Crippen LogP) is 3.41. The number of carbonyl (C=O) groups excluding carboxylic acids is 1. The number of nitrogens with zero attached hydrogens (tertiary/aromatic N) is 4. The first-order chi connectivity index (χ1) is 13.7. The highest BCUT2D eigenvalue weighted by Crippen LogP contribution is 2.31. The number of piperidine rings is 1. The summed E-state index contributed by atoms with van der Waals surface area (Å²) in [5, 5.41) is 4.11. The molecule has 4 rings (SSSR count). The molecule has 0 N–H and O–H groups in total. The molecule has 0 saturated carbocycles. The summed E-state index contributed by atoms with van der Waals surface area (Å²) in [4.78, 5) is 21.8. The Bertz CT molecular complexity index is 818. The molecular formula is C22H30N4O2. The van der Waals surface area contributed by atoms with Gasteiger partial charge in [-0.05, 0) is 57.8 Å². The molecule has 0 radical (unpaired) electrons. The van der Waals surface area contributed by atoms with Gasteiger partial charge < -0.3 is 9.42 Å². The van der Waals surface area contributed by atoms with Crippen molar-refractivity contribution < 1.29 is 9.32 Å². The Kier molecular flexibility index (Phi) is 5.76. The van der Waals surface area contributed by atoms with Gasteiger partial charge in [0.05, 0.1) is 23.5 Å². The quantitative estimate of drug-likeness (QED) is 0.793. The lowest BCUT2D eigenvalue weighted by molar-refractivity contribution is -0.133. The number of hydrogen-bond acceptors (Lipinski definition) is 5. The lowest BCUT2D eigenvalue weighted by atomic mass is 9.92. The maximum absolute atomic E-state index is 12.6. The molecule has 2 aliphatic heterocycles. The van der Waals surface area contributed by atoms with Crippen LogP contribution in [0.4, 0.5) is 0 Å². The molecule has 6 heteroatoms. The van der Waals surface area contributed by atoms with Crippen LogP contribution in [-0.2, 0) is 11.2 Å². The molecule has 0 bridgehead atoms. The van der Waals surface area contributed by atoms with Crippen molar-refractivity contribution in [2.75, 3.05) is 32.7 Å². The monoisotopic (exact) mass is 382 g/mol. The third-order valence-electron chi connectivity index (χ3n) is 6.10. The number of likely N-dealkylation sites (tertiary alicyclic amines) is 2. The second kappa shape index (κ2) is 8.43. The van der Waals surface area contributed by atoms with Crippen molar-refractivity contribution in [3.8, 4) is 11.3 Å². The second-order valence-electron chi connectivity index (χ2n) is 8.01. The van der Waals surface area contributed by atoms with Crippen molar-refractivity contribution in [3.05, 3.63) is 35.3 Å². The zero-order chi connectivity index (χ0) is 19.5. The molecule has 0 aliphatic carbocycles. The van der Waals surface area contributed by atoms with Gasteiger partial charge in [-0.1, -0.05) is 18.1 Å². The second-order valence-corrected chi connectivity index (χ2v) is 8.01. The smallest absolute Gasteiger partial charge is 0.236 e. The predicted molar refractivity (Wildman–Crippen MR) is 108 cm³/mol. The van der Waals surface area contributed by atoms with E-state index >= 15 is 0 Å². The third-order valence-corrected chi connectivity index (χ3v) is 6.10. The van der Waals surface area contributed by atoms with Crippen molar-refractivity contribution >= 4 is 5.91 Å². The highest BCUT2D eigenvalue weighted by Gasteiger charge is 2.27. The first-order valence-corrected chi connectivity index (χ1v) is 10.6. The summed E-state index contributed by atoms with van der Waals surface area (Å²) in [6.45, 7) is 8.43. The number of pyridine rings is 1. The van der Waals surface area contributed by atoms with Crippen LogP contribution < -0.4 is 0 Å². The summed E-state index contributed by atoms with van der Waals surface area (Å²) in [7, 11) is 0. The molecule has 1 amide bonds. The van der Waals surface area contributed by atoms with Crippen LogP contribution in [0.5, 0.6) is 0 Å². The van der Waals surface area contributed by atoms with Crippen LogP contribution in [0.3, 0.4) is 0 Å². The number of amides is 1. The molecular weight excluding hydrogens is 352 g/mol. The fourth-order valence-electron chi connectivity index (χ4n) is 4.46. The first kappa shape index (κ1) is 19.1. The Morgan fingerprint density at radius 2 is 1.93 bits per heavy atom. The summed E-state index contributed by atoms with van der Waals surface area (Å²) in [6.07, 6.45) is 5.21. The van der Waals surface area contributed by atoms with E-state index in [1.54, 1.807) is 0 Å². The molecule has 0 aromatic carbocycles. The first-order valence-electron chi connectivity index (χ1n) is 10.6. The van der Waals surface area contributed by atoms with Gasteiger partial charge in [0.15, 0.2) is 0 Å². The number of hydrogen-bond donors (Lipinski definition) is 0. The van der Waals surface area contributed by atoms with Gasteiger partial charge in [0.2, 0.25) is 5.91 Å². The molecule has 4 heterocycles. The SMILES string of the molecule is CCc1onc(C)c1-c1cccc(C2CCN(C(=O)CN3CCCC3)CC2)n1. The van der Waals surface area contributed by atoms with Gasteiger partial charge in [0, 0.05) is 31.1 Å². The maximum atomic E-state index is 12.6. The molecule has 150 valence electrons. The van der Waals surface area contributed by atoms with E-state index in [1.165, 1.54) is 12.8 Å². The highest BCUT2D eigenvalue weighted by molar-refractivity contribution is 5.78. The summed E-state index contributed by atoms with van der Waals surface area (Å²) >= 11 is 0. The molecule has 2 aromatic rings. The number of carbonyl (C=O) groups is 1. The van der Waals surface area contributed by atoms with Crippen molar-refractivity contribution in [2.45, 2.75) is 51.9 Å². The molecule has 2 saturated heterocycles. The normalized spacial score (nSPS) is 18.7. The Hall–Kier alpha value is -2.21. The molecule has 6 nitrogen and oxygen atoms in total. The van der Waals surface area contributed by atoms with E-state index in [0.717, 1.165) is 73.8 Å². The van der Waals surface area contributed by atoms with Crippen LogP contribution in [0, 0.1) is 6.92 Å². The lowest BCUT2D eigenvalue weighted by Crippen LogP contribution is -2.43. The van der Waals surface area contributed by atoms with E-state index in [2.05, 4.69) is 29.1 Å². The van der Waals surface area contributed by atoms with Crippen LogP contribution in [0.25, 0.3) is 11.3 Å². The Morgan fingerprint density at radius 3 is 2.64 bits per heavy atom. The van der Waals surface area contributed by atoms with Crippen LogP contribution in [-0.4, -0.2) is 58.6 Å². The molecule has 0 unspecified atom stereocenters. The van der Waals surface area contributed by atoms with Gasteiger partial charge in [-0.25, -0.2) is 0 Å². The van der Waals surface area contributed by atoms with Crippen molar-refractivity contribution in [1.29, 1.82) is 0 Å². The van der Waals surface area contributed by atoms with Gasteiger partial charge in [0.25, 0.3) is 0 Å². The highest BCUT2D eigenvalue weighted by atomic mass is 16.5. The maximum Gasteiger partial charge on any atom is 0.236 e. The van der Waals surface area contributed by atoms with Gasteiger partial charge >= 0.3 is 0 Å². The van der Waals surface area contributed by atoms with Crippen molar-refractivity contribution in [2.24, 2.45) is 0 Å². The minimum atomic E-state index is 0.287. The average molecular weight is 383 g/mol. The zero-order valence-corrected chi connectivity index (χ0v) is 17.0. The summed E-state index contributed by atoms with van der Waals surface area (Å²) in [6, 6.07) is 6.23. The minimum Gasteiger partial charge on any atom is -0.360 e. The standard InChI is InChI=1S/C22H30N4O2/c1-3-20-22(16(2)24-28-20)19-8-6-7-18(23-19)17-9-13-26(14-10-17)21(27)15-25-11-4-5-12-25/h6-8,17H,3-5,9-15H2,1-2H3. The Morgan fingerprint density at radius 1 is 1.18 bits per heavy atom. The molecule has 28 heavy (non-hydrogen) atoms. The summed E-state index contributed by atoms with van der Waals surface area (Å²) in [5.74, 6) is 1.58. The third kappa shape index (κ3) is 3.97. The Balaban J connectivity index is 1.41. The van der Waals surface area contributed by atoms with Crippen LogP contribution in [0.15, 0.2) is 22.7 Å². The largest absolute Gasteiger partial charge is 0.360 e. The molecule has 2 fully saturated rings. The van der Waals surface area contributed by atoms with Crippen LogP contribution in [0.2, 0.25) is 0 Å². The van der Waals surface area contributed by atoms with Crippen LogP contribution in [0.1, 0.15) is 55.7 Å². The molecule has 0 spiro atoms. The van der Waals surface area contributed by atoms with Crippen LogP contribution >= 0.6 is 0 Å². The fraction of sp³-hybridized carbons (Fsp3) is 0.591. The number of aryl methyl sites for hydroxylation is 2. The average Bonchev–Trinajstić information content (AvgIpc) is 3.37. The van der Waals surface area contributed by atoms with Gasteiger partial charge in [-0.3, -0.25) is 14.7 Å². The fourth-order valence-corrected chi connectivity index (χ4v) is 4.46. The van der Waals surface area contributed by atoms with Crippen molar-refractivity contribution in [1.82, 2.24) is 19.9 Å². The van der Waals surface area contributed by atoms with Gasteiger partial charge in [-0.15, -0.1) is 0 Å². The number of aromatic nitrogens is 2. The molecule has 2 aromatic heterocycles.